The molecule has 0 aliphatic carbocycles. The average molecular weight is 416 g/mol. The SMILES string of the molecule is CCc1cc(Br)ccc1[C@@H](C)C(=O)N1C(=O)OC[C@H]1Cc1ccccc1. The second-order valence-electron chi connectivity index (χ2n) is 6.55. The van der Waals surface area contributed by atoms with Crippen LogP contribution < -0.4 is 0 Å². The molecule has 0 saturated carbocycles. The van der Waals surface area contributed by atoms with Gasteiger partial charge in [0.25, 0.3) is 0 Å². The third-order valence-corrected chi connectivity index (χ3v) is 5.33. The predicted molar refractivity (Wildman–Crippen MR) is 104 cm³/mol. The molecule has 0 spiro atoms. The van der Waals surface area contributed by atoms with Gasteiger partial charge in [0.05, 0.1) is 12.0 Å². The molecule has 1 aliphatic rings. The lowest BCUT2D eigenvalue weighted by molar-refractivity contribution is -0.130. The maximum atomic E-state index is 13.1. The highest BCUT2D eigenvalue weighted by Crippen LogP contribution is 2.28. The molecule has 1 fully saturated rings. The number of nitrogens with zero attached hydrogens (tertiary/aromatic N) is 1. The fourth-order valence-electron chi connectivity index (χ4n) is 3.41. The Balaban J connectivity index is 1.83. The van der Waals surface area contributed by atoms with Crippen molar-refractivity contribution in [2.75, 3.05) is 6.61 Å². The van der Waals surface area contributed by atoms with E-state index in [1.54, 1.807) is 0 Å². The largest absolute Gasteiger partial charge is 0.447 e. The number of amides is 2. The molecule has 5 heteroatoms. The molecule has 2 aromatic rings. The smallest absolute Gasteiger partial charge is 0.417 e. The predicted octanol–water partition coefficient (Wildman–Crippen LogP) is 4.71. The second-order valence-corrected chi connectivity index (χ2v) is 7.46. The summed E-state index contributed by atoms with van der Waals surface area (Å²) in [6, 6.07) is 15.5. The molecule has 2 aromatic carbocycles. The Kier molecular flexibility index (Phi) is 5.77. The molecule has 1 saturated heterocycles. The van der Waals surface area contributed by atoms with Gasteiger partial charge >= 0.3 is 6.09 Å². The number of aryl methyl sites for hydroxylation is 1. The number of rotatable bonds is 5. The van der Waals surface area contributed by atoms with E-state index in [4.69, 9.17) is 4.74 Å². The Labute approximate surface area is 162 Å². The first-order valence-electron chi connectivity index (χ1n) is 8.83. The topological polar surface area (TPSA) is 46.6 Å². The molecule has 0 aromatic heterocycles. The van der Waals surface area contributed by atoms with E-state index in [-0.39, 0.29) is 18.6 Å². The van der Waals surface area contributed by atoms with Crippen molar-refractivity contribution in [3.05, 3.63) is 69.7 Å². The van der Waals surface area contributed by atoms with Crippen LogP contribution in [0.4, 0.5) is 4.79 Å². The fraction of sp³-hybridized carbons (Fsp3) is 0.333. The van der Waals surface area contributed by atoms with Crippen molar-refractivity contribution in [3.63, 3.8) is 0 Å². The van der Waals surface area contributed by atoms with Gasteiger partial charge in [-0.15, -0.1) is 0 Å². The monoisotopic (exact) mass is 415 g/mol. The quantitative estimate of drug-likeness (QED) is 0.710. The highest BCUT2D eigenvalue weighted by atomic mass is 79.9. The molecule has 4 nitrogen and oxygen atoms in total. The maximum absolute atomic E-state index is 13.1. The highest BCUT2D eigenvalue weighted by Gasteiger charge is 2.40. The van der Waals surface area contributed by atoms with Crippen LogP contribution in [0.5, 0.6) is 0 Å². The Hall–Kier alpha value is -2.14. The molecule has 26 heavy (non-hydrogen) atoms. The lowest BCUT2D eigenvalue weighted by Gasteiger charge is -2.24. The zero-order valence-corrected chi connectivity index (χ0v) is 16.5. The number of hydrogen-bond acceptors (Lipinski definition) is 3. The number of cyclic esters (lactones) is 1. The van der Waals surface area contributed by atoms with E-state index in [1.165, 1.54) is 4.90 Å². The third kappa shape index (κ3) is 3.83. The van der Waals surface area contributed by atoms with Crippen LogP contribution in [0, 0.1) is 0 Å². The molecule has 0 radical (unpaired) electrons. The van der Waals surface area contributed by atoms with Crippen molar-refractivity contribution < 1.29 is 14.3 Å². The van der Waals surface area contributed by atoms with Gasteiger partial charge in [-0.3, -0.25) is 4.79 Å². The normalized spacial score (nSPS) is 17.9. The van der Waals surface area contributed by atoms with E-state index >= 15 is 0 Å². The zero-order chi connectivity index (χ0) is 18.7. The summed E-state index contributed by atoms with van der Waals surface area (Å²) >= 11 is 3.48. The first kappa shape index (κ1) is 18.6. The molecule has 0 unspecified atom stereocenters. The van der Waals surface area contributed by atoms with Crippen molar-refractivity contribution in [2.45, 2.75) is 38.6 Å². The lowest BCUT2D eigenvalue weighted by Crippen LogP contribution is -2.42. The van der Waals surface area contributed by atoms with E-state index in [9.17, 15) is 9.59 Å². The molecule has 0 N–H and O–H groups in total. The molecule has 3 rings (SSSR count). The van der Waals surface area contributed by atoms with Crippen LogP contribution in [0.3, 0.4) is 0 Å². The van der Waals surface area contributed by atoms with Crippen molar-refractivity contribution in [2.24, 2.45) is 0 Å². The third-order valence-electron chi connectivity index (χ3n) is 4.84. The summed E-state index contributed by atoms with van der Waals surface area (Å²) in [7, 11) is 0. The van der Waals surface area contributed by atoms with Crippen molar-refractivity contribution in [1.82, 2.24) is 4.90 Å². The van der Waals surface area contributed by atoms with Gasteiger partial charge in [-0.25, -0.2) is 9.69 Å². The molecular formula is C21H22BrNO3. The van der Waals surface area contributed by atoms with Gasteiger partial charge in [-0.1, -0.05) is 59.3 Å². The van der Waals surface area contributed by atoms with Crippen LogP contribution in [0.25, 0.3) is 0 Å². The minimum atomic E-state index is -0.544. The lowest BCUT2D eigenvalue weighted by atomic mass is 9.92. The van der Waals surface area contributed by atoms with Crippen LogP contribution in [0.2, 0.25) is 0 Å². The summed E-state index contributed by atoms with van der Waals surface area (Å²) in [6.07, 6.45) is 0.883. The minimum Gasteiger partial charge on any atom is -0.447 e. The van der Waals surface area contributed by atoms with Gasteiger partial charge in [0.1, 0.15) is 6.61 Å². The van der Waals surface area contributed by atoms with Gasteiger partial charge in [0.15, 0.2) is 0 Å². The van der Waals surface area contributed by atoms with Crippen LogP contribution in [0.15, 0.2) is 53.0 Å². The number of imide groups is 1. The van der Waals surface area contributed by atoms with Crippen LogP contribution in [-0.2, 0) is 22.4 Å². The molecule has 1 heterocycles. The Morgan fingerprint density at radius 3 is 2.69 bits per heavy atom. The van der Waals surface area contributed by atoms with Crippen molar-refractivity contribution in [3.8, 4) is 0 Å². The molecule has 0 bridgehead atoms. The fourth-order valence-corrected chi connectivity index (χ4v) is 3.82. The van der Waals surface area contributed by atoms with Crippen LogP contribution >= 0.6 is 15.9 Å². The number of hydrogen-bond donors (Lipinski definition) is 0. The molecule has 2 atom stereocenters. The summed E-state index contributed by atoms with van der Waals surface area (Å²) in [6.45, 7) is 4.16. The average Bonchev–Trinajstić information content (AvgIpc) is 3.01. The van der Waals surface area contributed by atoms with Gasteiger partial charge in [0.2, 0.25) is 5.91 Å². The molecule has 136 valence electrons. The minimum absolute atomic E-state index is 0.203. The van der Waals surface area contributed by atoms with Crippen molar-refractivity contribution in [1.29, 1.82) is 0 Å². The van der Waals surface area contributed by atoms with Crippen LogP contribution in [0.1, 0.15) is 36.5 Å². The number of carbonyl (C=O) groups is 2. The second kappa shape index (κ2) is 8.04. The Morgan fingerprint density at radius 1 is 1.27 bits per heavy atom. The van der Waals surface area contributed by atoms with E-state index in [0.717, 1.165) is 27.6 Å². The summed E-state index contributed by atoms with van der Waals surface area (Å²) < 4.78 is 6.18. The number of ether oxygens (including phenoxy) is 1. The molecular weight excluding hydrogens is 394 g/mol. The first-order valence-corrected chi connectivity index (χ1v) is 9.62. The van der Waals surface area contributed by atoms with Gasteiger partial charge in [0, 0.05) is 4.47 Å². The summed E-state index contributed by atoms with van der Waals surface area (Å²) in [5.74, 6) is -0.604. The number of benzene rings is 2. The zero-order valence-electron chi connectivity index (χ0n) is 14.9. The van der Waals surface area contributed by atoms with E-state index in [0.29, 0.717) is 6.42 Å². The summed E-state index contributed by atoms with van der Waals surface area (Å²) in [5.41, 5.74) is 3.14. The summed E-state index contributed by atoms with van der Waals surface area (Å²) in [5, 5.41) is 0. The number of halogens is 1. The standard InChI is InChI=1S/C21H22BrNO3/c1-3-16-12-17(22)9-10-19(16)14(2)20(24)23-18(13-26-21(23)25)11-15-7-5-4-6-8-15/h4-10,12,14,18H,3,11,13H2,1-2H3/t14-,18-/m1/s1. The van der Waals surface area contributed by atoms with Crippen LogP contribution in [-0.4, -0.2) is 29.5 Å². The Morgan fingerprint density at radius 2 is 2.00 bits per heavy atom. The highest BCUT2D eigenvalue weighted by molar-refractivity contribution is 9.10. The summed E-state index contributed by atoms with van der Waals surface area (Å²) in [4.78, 5) is 26.7. The maximum Gasteiger partial charge on any atom is 0.417 e. The van der Waals surface area contributed by atoms with Crippen molar-refractivity contribution >= 4 is 27.9 Å². The molecule has 2 amide bonds. The van der Waals surface area contributed by atoms with E-state index < -0.39 is 12.0 Å². The first-order chi connectivity index (χ1) is 12.5. The van der Waals surface area contributed by atoms with Gasteiger partial charge in [-0.05, 0) is 48.6 Å². The Bertz CT molecular complexity index is 806. The van der Waals surface area contributed by atoms with Gasteiger partial charge in [-0.2, -0.15) is 0 Å². The van der Waals surface area contributed by atoms with E-state index in [2.05, 4.69) is 22.9 Å². The van der Waals surface area contributed by atoms with Gasteiger partial charge < -0.3 is 4.74 Å². The number of carbonyl (C=O) groups excluding carboxylic acids is 2. The molecule has 1 aliphatic heterocycles. The van der Waals surface area contributed by atoms with E-state index in [1.807, 2.05) is 55.5 Å².